The van der Waals surface area contributed by atoms with Crippen LogP contribution in [0.4, 0.5) is 4.39 Å². The number of nitrogens with zero attached hydrogens (tertiary/aromatic N) is 2. The summed E-state index contributed by atoms with van der Waals surface area (Å²) in [5, 5.41) is 1.14. The number of benzene rings is 1. The molecule has 0 fully saturated rings. The number of hydrogen-bond donors (Lipinski definition) is 0. The zero-order chi connectivity index (χ0) is 12.3. The van der Waals surface area contributed by atoms with Crippen LogP contribution in [0.5, 0.6) is 0 Å². The van der Waals surface area contributed by atoms with Gasteiger partial charge in [-0.05, 0) is 37.2 Å². The lowest BCUT2D eigenvalue weighted by atomic mass is 9.89. The number of fused-ring (bicyclic) bond motifs is 2. The van der Waals surface area contributed by atoms with Crippen LogP contribution in [0.15, 0.2) is 30.5 Å². The molecule has 0 bridgehead atoms. The highest BCUT2D eigenvalue weighted by molar-refractivity contribution is 5.95. The van der Waals surface area contributed by atoms with Gasteiger partial charge in [0.1, 0.15) is 5.82 Å². The van der Waals surface area contributed by atoms with E-state index in [-0.39, 0.29) is 5.82 Å². The molecule has 0 spiro atoms. The summed E-state index contributed by atoms with van der Waals surface area (Å²) in [5.41, 5.74) is 3.06. The monoisotopic (exact) mass is 242 g/mol. The van der Waals surface area contributed by atoms with Crippen molar-refractivity contribution in [3.63, 3.8) is 0 Å². The average Bonchev–Trinajstić information content (AvgIpc) is 2.78. The summed E-state index contributed by atoms with van der Waals surface area (Å²) >= 11 is 0. The van der Waals surface area contributed by atoms with Crippen molar-refractivity contribution in [2.75, 3.05) is 13.6 Å². The van der Waals surface area contributed by atoms with Crippen molar-refractivity contribution in [3.05, 3.63) is 41.9 Å². The van der Waals surface area contributed by atoms with Gasteiger partial charge in [-0.1, -0.05) is 6.08 Å². The van der Waals surface area contributed by atoms with Crippen LogP contribution in [0.3, 0.4) is 0 Å². The highest BCUT2D eigenvalue weighted by Gasteiger charge is 2.31. The fourth-order valence-corrected chi connectivity index (χ4v) is 3.34. The highest BCUT2D eigenvalue weighted by Crippen LogP contribution is 2.38. The second-order valence-electron chi connectivity index (χ2n) is 5.27. The Hall–Kier alpha value is -1.61. The normalized spacial score (nSPS) is 23.0. The first-order valence-corrected chi connectivity index (χ1v) is 6.44. The van der Waals surface area contributed by atoms with E-state index in [1.807, 2.05) is 6.07 Å². The SMILES string of the molecule is CN1CCC=C2c3c(F)ccc4ccn(c34)C[C@H]21. The van der Waals surface area contributed by atoms with Crippen LogP contribution in [-0.2, 0) is 6.54 Å². The summed E-state index contributed by atoms with van der Waals surface area (Å²) in [6.07, 6.45) is 5.31. The summed E-state index contributed by atoms with van der Waals surface area (Å²) in [7, 11) is 2.13. The molecule has 92 valence electrons. The van der Waals surface area contributed by atoms with Gasteiger partial charge < -0.3 is 4.57 Å². The summed E-state index contributed by atoms with van der Waals surface area (Å²) < 4.78 is 16.4. The van der Waals surface area contributed by atoms with Crippen LogP contribution >= 0.6 is 0 Å². The maximum atomic E-state index is 14.2. The van der Waals surface area contributed by atoms with Gasteiger partial charge in [0, 0.05) is 30.2 Å². The van der Waals surface area contributed by atoms with E-state index in [0.29, 0.717) is 6.04 Å². The molecule has 4 rings (SSSR count). The fourth-order valence-electron chi connectivity index (χ4n) is 3.34. The Labute approximate surface area is 105 Å². The Morgan fingerprint density at radius 2 is 2.17 bits per heavy atom. The Morgan fingerprint density at radius 3 is 3.06 bits per heavy atom. The van der Waals surface area contributed by atoms with Crippen LogP contribution in [0.2, 0.25) is 0 Å². The van der Waals surface area contributed by atoms with Crippen molar-refractivity contribution in [3.8, 4) is 0 Å². The Balaban J connectivity index is 2.08. The quantitative estimate of drug-likeness (QED) is 0.689. The number of rotatable bonds is 0. The van der Waals surface area contributed by atoms with Gasteiger partial charge >= 0.3 is 0 Å². The van der Waals surface area contributed by atoms with Crippen molar-refractivity contribution >= 4 is 16.5 Å². The smallest absolute Gasteiger partial charge is 0.132 e. The molecule has 0 saturated carbocycles. The Bertz CT molecular complexity index is 668. The molecule has 0 saturated heterocycles. The van der Waals surface area contributed by atoms with E-state index >= 15 is 0 Å². The Morgan fingerprint density at radius 1 is 1.28 bits per heavy atom. The van der Waals surface area contributed by atoms with Crippen LogP contribution in [-0.4, -0.2) is 29.1 Å². The van der Waals surface area contributed by atoms with Crippen molar-refractivity contribution < 1.29 is 4.39 Å². The van der Waals surface area contributed by atoms with Crippen molar-refractivity contribution in [1.82, 2.24) is 9.47 Å². The van der Waals surface area contributed by atoms with E-state index in [1.54, 1.807) is 6.07 Å². The standard InChI is InChI=1S/C15H15FN2/c1-17-7-2-3-11-13(17)9-18-8-6-10-4-5-12(16)14(11)15(10)18/h3-6,8,13H,2,7,9H2,1H3/t13-/m1/s1. The van der Waals surface area contributed by atoms with Crippen LogP contribution in [0, 0.1) is 5.82 Å². The number of halogens is 1. The van der Waals surface area contributed by atoms with Gasteiger partial charge in [0.25, 0.3) is 0 Å². The molecule has 18 heavy (non-hydrogen) atoms. The maximum Gasteiger partial charge on any atom is 0.132 e. The second kappa shape index (κ2) is 3.45. The third kappa shape index (κ3) is 1.20. The van der Waals surface area contributed by atoms with E-state index in [9.17, 15) is 4.39 Å². The lowest BCUT2D eigenvalue weighted by Gasteiger charge is -2.37. The summed E-state index contributed by atoms with van der Waals surface area (Å²) in [4.78, 5) is 2.33. The largest absolute Gasteiger partial charge is 0.345 e. The molecule has 2 aliphatic heterocycles. The van der Waals surface area contributed by atoms with Gasteiger partial charge in [-0.3, -0.25) is 4.90 Å². The molecule has 3 heterocycles. The first kappa shape index (κ1) is 10.3. The van der Waals surface area contributed by atoms with E-state index in [4.69, 9.17) is 0 Å². The molecule has 2 nitrogen and oxygen atoms in total. The van der Waals surface area contributed by atoms with Crippen molar-refractivity contribution in [2.24, 2.45) is 0 Å². The molecule has 0 radical (unpaired) electrons. The van der Waals surface area contributed by atoms with Gasteiger partial charge in [0.15, 0.2) is 0 Å². The predicted molar refractivity (Wildman–Crippen MR) is 70.9 cm³/mol. The van der Waals surface area contributed by atoms with Crippen molar-refractivity contribution in [1.29, 1.82) is 0 Å². The van der Waals surface area contributed by atoms with Crippen LogP contribution < -0.4 is 0 Å². The van der Waals surface area contributed by atoms with Gasteiger partial charge in [-0.15, -0.1) is 0 Å². The maximum absolute atomic E-state index is 14.2. The zero-order valence-electron chi connectivity index (χ0n) is 10.4. The first-order valence-electron chi connectivity index (χ1n) is 6.44. The Kier molecular flexibility index (Phi) is 1.98. The summed E-state index contributed by atoms with van der Waals surface area (Å²) in [6.45, 7) is 1.99. The van der Waals surface area contributed by atoms with Gasteiger partial charge in [-0.25, -0.2) is 4.39 Å². The van der Waals surface area contributed by atoms with E-state index in [0.717, 1.165) is 36.0 Å². The third-order valence-electron chi connectivity index (χ3n) is 4.27. The minimum atomic E-state index is -0.0892. The molecular formula is C15H15FN2. The molecule has 1 aromatic carbocycles. The topological polar surface area (TPSA) is 8.17 Å². The van der Waals surface area contributed by atoms with Gasteiger partial charge in [-0.2, -0.15) is 0 Å². The van der Waals surface area contributed by atoms with E-state index < -0.39 is 0 Å². The molecule has 0 amide bonds. The zero-order valence-corrected chi connectivity index (χ0v) is 10.4. The molecule has 1 atom stereocenters. The van der Waals surface area contributed by atoms with Crippen molar-refractivity contribution in [2.45, 2.75) is 19.0 Å². The summed E-state index contributed by atoms with van der Waals surface area (Å²) in [6, 6.07) is 5.87. The number of likely N-dealkylation sites (N-methyl/N-ethyl adjacent to an activating group) is 1. The summed E-state index contributed by atoms with van der Waals surface area (Å²) in [5.74, 6) is -0.0892. The highest BCUT2D eigenvalue weighted by atomic mass is 19.1. The fraction of sp³-hybridized carbons (Fsp3) is 0.333. The lowest BCUT2D eigenvalue weighted by molar-refractivity contribution is 0.260. The number of hydrogen-bond acceptors (Lipinski definition) is 1. The van der Waals surface area contributed by atoms with Gasteiger partial charge in [0.2, 0.25) is 0 Å². The predicted octanol–water partition coefficient (Wildman–Crippen LogP) is 2.88. The molecule has 1 aromatic heterocycles. The molecule has 0 aliphatic carbocycles. The molecule has 3 heteroatoms. The second-order valence-corrected chi connectivity index (χ2v) is 5.27. The van der Waals surface area contributed by atoms with Crippen LogP contribution in [0.25, 0.3) is 16.5 Å². The first-order chi connectivity index (χ1) is 8.75. The van der Waals surface area contributed by atoms with E-state index in [2.05, 4.69) is 34.9 Å². The minimum Gasteiger partial charge on any atom is -0.345 e. The molecule has 2 aliphatic rings. The van der Waals surface area contributed by atoms with Crippen LogP contribution in [0.1, 0.15) is 12.0 Å². The molecule has 0 N–H and O–H groups in total. The number of aromatic nitrogens is 1. The third-order valence-corrected chi connectivity index (χ3v) is 4.27. The van der Waals surface area contributed by atoms with E-state index in [1.165, 1.54) is 5.57 Å². The van der Waals surface area contributed by atoms with Gasteiger partial charge in [0.05, 0.1) is 11.6 Å². The molecule has 2 aromatic rings. The minimum absolute atomic E-state index is 0.0892. The molecule has 0 unspecified atom stereocenters. The lowest BCUT2D eigenvalue weighted by Crippen LogP contribution is -2.41. The molecular weight excluding hydrogens is 227 g/mol. The average molecular weight is 242 g/mol.